The van der Waals surface area contributed by atoms with E-state index in [9.17, 15) is 9.59 Å². The summed E-state index contributed by atoms with van der Waals surface area (Å²) in [5, 5.41) is 7.03. The summed E-state index contributed by atoms with van der Waals surface area (Å²) in [6.07, 6.45) is 6.82. The van der Waals surface area contributed by atoms with Crippen LogP contribution in [0.1, 0.15) is 62.9 Å². The fourth-order valence-corrected chi connectivity index (χ4v) is 3.16. The molecule has 134 valence electrons. The maximum atomic E-state index is 12.1. The smallest absolute Gasteiger partial charge is 0.271 e. The van der Waals surface area contributed by atoms with E-state index in [1.54, 1.807) is 0 Å². The molecule has 1 aliphatic heterocycles. The lowest BCUT2D eigenvalue weighted by Crippen LogP contribution is -2.38. The number of nitrogens with zero attached hydrogens (tertiary/aromatic N) is 3. The van der Waals surface area contributed by atoms with Gasteiger partial charge in [0, 0.05) is 25.2 Å². The number of aromatic nitrogens is 2. The van der Waals surface area contributed by atoms with E-state index >= 15 is 0 Å². The molecule has 1 aromatic rings. The highest BCUT2D eigenvalue weighted by molar-refractivity contribution is 5.91. The van der Waals surface area contributed by atoms with Crippen LogP contribution in [0.3, 0.4) is 0 Å². The number of rotatable bonds is 8. The van der Waals surface area contributed by atoms with Crippen molar-refractivity contribution in [1.29, 1.82) is 0 Å². The Hall–Kier alpha value is -1.69. The fraction of sp³-hybridized carbons (Fsp3) is 0.722. The Morgan fingerprint density at radius 3 is 2.88 bits per heavy atom. The maximum Gasteiger partial charge on any atom is 0.271 e. The molecular formula is C18H30N4O2. The Bertz CT molecular complexity index is 585. The molecule has 2 heterocycles. The van der Waals surface area contributed by atoms with Crippen molar-refractivity contribution in [1.82, 2.24) is 20.0 Å². The summed E-state index contributed by atoms with van der Waals surface area (Å²) < 4.78 is 1.35. The van der Waals surface area contributed by atoms with Gasteiger partial charge in [-0.3, -0.25) is 9.59 Å². The van der Waals surface area contributed by atoms with Crippen molar-refractivity contribution in [2.45, 2.75) is 65.0 Å². The molecule has 6 nitrogen and oxygen atoms in total. The first-order valence-electron chi connectivity index (χ1n) is 9.22. The molecule has 1 N–H and O–H groups in total. The van der Waals surface area contributed by atoms with Crippen LogP contribution in [0.5, 0.6) is 0 Å². The minimum atomic E-state index is -0.203. The summed E-state index contributed by atoms with van der Waals surface area (Å²) in [6.45, 7) is 7.78. The number of piperidine rings is 1. The van der Waals surface area contributed by atoms with Gasteiger partial charge in [-0.15, -0.1) is 0 Å². The maximum absolute atomic E-state index is 12.1. The van der Waals surface area contributed by atoms with E-state index < -0.39 is 0 Å². The summed E-state index contributed by atoms with van der Waals surface area (Å²) in [5.41, 5.74) is 0.150. The molecule has 0 spiro atoms. The lowest BCUT2D eigenvalue weighted by atomic mass is 10.0. The molecule has 6 heteroatoms. The molecule has 24 heavy (non-hydrogen) atoms. The standard InChI is InChI=1S/C18H30N4O2/c1-3-12-22-17(23)10-9-16(20-22)18(24)19-11-5-7-14-21-13-6-4-8-15(21)2/h9-10,15H,3-8,11-14H2,1-2H3,(H,19,24). The van der Waals surface area contributed by atoms with Crippen molar-refractivity contribution in [3.63, 3.8) is 0 Å². The second-order valence-electron chi connectivity index (χ2n) is 6.62. The quantitative estimate of drug-likeness (QED) is 0.739. The SMILES string of the molecule is CCCn1nc(C(=O)NCCCCN2CCCCC2C)ccc1=O. The average molecular weight is 334 g/mol. The van der Waals surface area contributed by atoms with E-state index in [2.05, 4.69) is 22.2 Å². The Balaban J connectivity index is 1.71. The van der Waals surface area contributed by atoms with Gasteiger partial charge in [0.2, 0.25) is 0 Å². The van der Waals surface area contributed by atoms with Gasteiger partial charge in [0.1, 0.15) is 5.69 Å². The van der Waals surface area contributed by atoms with Crippen LogP contribution in [-0.4, -0.2) is 46.3 Å². The third-order valence-corrected chi connectivity index (χ3v) is 4.63. The summed E-state index contributed by atoms with van der Waals surface area (Å²) in [4.78, 5) is 26.3. The second kappa shape index (κ2) is 9.57. The molecule has 0 radical (unpaired) electrons. The molecule has 1 aromatic heterocycles. The third kappa shape index (κ3) is 5.44. The van der Waals surface area contributed by atoms with Gasteiger partial charge in [-0.2, -0.15) is 5.10 Å². The van der Waals surface area contributed by atoms with Crippen molar-refractivity contribution in [3.8, 4) is 0 Å². The van der Waals surface area contributed by atoms with Crippen LogP contribution >= 0.6 is 0 Å². The van der Waals surface area contributed by atoms with E-state index in [0.717, 1.165) is 25.8 Å². The largest absolute Gasteiger partial charge is 0.351 e. The van der Waals surface area contributed by atoms with Gasteiger partial charge in [0.15, 0.2) is 0 Å². The monoisotopic (exact) mass is 334 g/mol. The van der Waals surface area contributed by atoms with Crippen LogP contribution < -0.4 is 10.9 Å². The number of hydrogen-bond donors (Lipinski definition) is 1. The van der Waals surface area contributed by atoms with Gasteiger partial charge in [-0.1, -0.05) is 13.3 Å². The van der Waals surface area contributed by atoms with Crippen molar-refractivity contribution in [2.75, 3.05) is 19.6 Å². The number of hydrogen-bond acceptors (Lipinski definition) is 4. The first-order chi connectivity index (χ1) is 11.6. The second-order valence-corrected chi connectivity index (χ2v) is 6.62. The van der Waals surface area contributed by atoms with Gasteiger partial charge < -0.3 is 10.2 Å². The highest BCUT2D eigenvalue weighted by Crippen LogP contribution is 2.16. The number of unbranched alkanes of at least 4 members (excludes halogenated alkanes) is 1. The topological polar surface area (TPSA) is 67.2 Å². The van der Waals surface area contributed by atoms with Crippen LogP contribution in [0.4, 0.5) is 0 Å². The third-order valence-electron chi connectivity index (χ3n) is 4.63. The van der Waals surface area contributed by atoms with Crippen LogP contribution in [0.25, 0.3) is 0 Å². The molecule has 2 rings (SSSR count). The predicted octanol–water partition coefficient (Wildman–Crippen LogP) is 2.04. The van der Waals surface area contributed by atoms with Crippen LogP contribution in [0.15, 0.2) is 16.9 Å². The average Bonchev–Trinajstić information content (AvgIpc) is 2.58. The van der Waals surface area contributed by atoms with E-state index in [1.807, 2.05) is 6.92 Å². The number of amides is 1. The molecule has 1 unspecified atom stereocenters. The van der Waals surface area contributed by atoms with Crippen LogP contribution in [-0.2, 0) is 6.54 Å². The van der Waals surface area contributed by atoms with E-state index in [0.29, 0.717) is 24.8 Å². The Morgan fingerprint density at radius 1 is 1.29 bits per heavy atom. The lowest BCUT2D eigenvalue weighted by Gasteiger charge is -2.33. The van der Waals surface area contributed by atoms with Crippen LogP contribution in [0, 0.1) is 0 Å². The fourth-order valence-electron chi connectivity index (χ4n) is 3.16. The molecule has 1 amide bonds. The molecular weight excluding hydrogens is 304 g/mol. The zero-order valence-electron chi connectivity index (χ0n) is 15.0. The van der Waals surface area contributed by atoms with Crippen molar-refractivity contribution >= 4 is 5.91 Å². The number of nitrogens with one attached hydrogen (secondary N) is 1. The van der Waals surface area contributed by atoms with E-state index in [-0.39, 0.29) is 11.5 Å². The minimum Gasteiger partial charge on any atom is -0.351 e. The summed E-state index contributed by atoms with van der Waals surface area (Å²) >= 11 is 0. The molecule has 0 saturated carbocycles. The first-order valence-corrected chi connectivity index (χ1v) is 9.22. The summed E-state index contributed by atoms with van der Waals surface area (Å²) in [5.74, 6) is -0.203. The molecule has 0 aromatic carbocycles. The van der Waals surface area contributed by atoms with Crippen molar-refractivity contribution in [3.05, 3.63) is 28.2 Å². The van der Waals surface area contributed by atoms with Crippen molar-refractivity contribution < 1.29 is 4.79 Å². The number of carbonyl (C=O) groups excluding carboxylic acids is 1. The predicted molar refractivity (Wildman–Crippen MR) is 95.2 cm³/mol. The van der Waals surface area contributed by atoms with Gasteiger partial charge in [0.05, 0.1) is 0 Å². The zero-order chi connectivity index (χ0) is 17.4. The molecule has 1 fully saturated rings. The van der Waals surface area contributed by atoms with Crippen LogP contribution in [0.2, 0.25) is 0 Å². The summed E-state index contributed by atoms with van der Waals surface area (Å²) in [7, 11) is 0. The van der Waals surface area contributed by atoms with Crippen molar-refractivity contribution in [2.24, 2.45) is 0 Å². The molecule has 1 atom stereocenters. The Morgan fingerprint density at radius 2 is 2.12 bits per heavy atom. The van der Waals surface area contributed by atoms with Gasteiger partial charge in [0.25, 0.3) is 11.5 Å². The highest BCUT2D eigenvalue weighted by Gasteiger charge is 2.17. The van der Waals surface area contributed by atoms with Gasteiger partial charge in [-0.05, 0) is 58.2 Å². The number of carbonyl (C=O) groups is 1. The van der Waals surface area contributed by atoms with Gasteiger partial charge in [-0.25, -0.2) is 4.68 Å². The highest BCUT2D eigenvalue weighted by atomic mass is 16.2. The number of aryl methyl sites for hydroxylation is 1. The van der Waals surface area contributed by atoms with E-state index in [4.69, 9.17) is 0 Å². The Labute approximate surface area is 144 Å². The number of likely N-dealkylation sites (tertiary alicyclic amines) is 1. The zero-order valence-corrected chi connectivity index (χ0v) is 15.0. The lowest BCUT2D eigenvalue weighted by molar-refractivity contribution is 0.0944. The van der Waals surface area contributed by atoms with E-state index in [1.165, 1.54) is 42.6 Å². The minimum absolute atomic E-state index is 0.163. The molecule has 1 saturated heterocycles. The summed E-state index contributed by atoms with van der Waals surface area (Å²) in [6, 6.07) is 3.60. The molecule has 0 aliphatic carbocycles. The first kappa shape index (κ1) is 18.6. The van der Waals surface area contributed by atoms with Gasteiger partial charge >= 0.3 is 0 Å². The normalized spacial score (nSPS) is 18.5. The molecule has 1 aliphatic rings. The molecule has 0 bridgehead atoms. The Kier molecular flexibility index (Phi) is 7.43.